The predicted molar refractivity (Wildman–Crippen MR) is 111 cm³/mol. The third kappa shape index (κ3) is 4.49. The van der Waals surface area contributed by atoms with Gasteiger partial charge in [0.1, 0.15) is 17.7 Å². The lowest BCUT2D eigenvalue weighted by Crippen LogP contribution is -2.36. The summed E-state index contributed by atoms with van der Waals surface area (Å²) >= 11 is 1.87. The Morgan fingerprint density at radius 3 is 2.67 bits per heavy atom. The van der Waals surface area contributed by atoms with Crippen LogP contribution in [-0.2, 0) is 11.4 Å². The molecule has 1 aliphatic heterocycles. The second-order valence-electron chi connectivity index (χ2n) is 7.44. The molecule has 2 aromatic carbocycles. The van der Waals surface area contributed by atoms with Crippen molar-refractivity contribution in [2.24, 2.45) is 5.92 Å². The zero-order chi connectivity index (χ0) is 18.5. The molecule has 0 radical (unpaired) electrons. The molecule has 27 heavy (non-hydrogen) atoms. The Morgan fingerprint density at radius 1 is 1.04 bits per heavy atom. The molecule has 4 heteroatoms. The van der Waals surface area contributed by atoms with Crippen molar-refractivity contribution in [1.29, 1.82) is 0 Å². The first kappa shape index (κ1) is 18.4. The minimum atomic E-state index is 0.125. The zero-order valence-corrected chi connectivity index (χ0v) is 16.5. The maximum absolute atomic E-state index is 13.1. The van der Waals surface area contributed by atoms with Gasteiger partial charge in [0.05, 0.1) is 0 Å². The highest BCUT2D eigenvalue weighted by atomic mass is 32.2. The summed E-state index contributed by atoms with van der Waals surface area (Å²) in [6.45, 7) is 1.42. The van der Waals surface area contributed by atoms with Gasteiger partial charge in [0.25, 0.3) is 0 Å². The van der Waals surface area contributed by atoms with E-state index in [0.29, 0.717) is 12.5 Å². The molecular formula is C23H27NO2S. The van der Waals surface area contributed by atoms with E-state index in [9.17, 15) is 4.79 Å². The average Bonchev–Trinajstić information content (AvgIpc) is 3.23. The molecule has 142 valence electrons. The predicted octanol–water partition coefficient (Wildman–Crippen LogP) is 5.42. The fraction of sp³-hybridized carbons (Fsp3) is 0.435. The van der Waals surface area contributed by atoms with Crippen molar-refractivity contribution in [3.8, 4) is 5.75 Å². The van der Waals surface area contributed by atoms with Crippen LogP contribution in [0.25, 0.3) is 0 Å². The number of amides is 1. The number of ether oxygens (including phenoxy) is 1. The molecule has 4 rings (SSSR count). The number of carbonyl (C=O) groups excluding carboxylic acids is 1. The first-order valence-corrected chi connectivity index (χ1v) is 11.0. The molecule has 2 fully saturated rings. The van der Waals surface area contributed by atoms with E-state index in [-0.39, 0.29) is 11.3 Å². The fourth-order valence-corrected chi connectivity index (χ4v) is 5.31. The van der Waals surface area contributed by atoms with E-state index in [0.717, 1.165) is 36.5 Å². The summed E-state index contributed by atoms with van der Waals surface area (Å²) in [4.78, 5) is 15.2. The summed E-state index contributed by atoms with van der Waals surface area (Å²) in [5, 5.41) is 0.125. The van der Waals surface area contributed by atoms with Gasteiger partial charge in [-0.15, -0.1) is 11.8 Å². The molecule has 1 saturated heterocycles. The van der Waals surface area contributed by atoms with Crippen LogP contribution in [0.15, 0.2) is 54.6 Å². The summed E-state index contributed by atoms with van der Waals surface area (Å²) in [5.74, 6) is 2.48. The first-order valence-electron chi connectivity index (χ1n) is 10.00. The SMILES string of the molecule is O=C(C1CCCCC1)N1CCSC1c1cccc(OCc2ccccc2)c1. The van der Waals surface area contributed by atoms with Gasteiger partial charge in [0.15, 0.2) is 0 Å². The quantitative estimate of drug-likeness (QED) is 0.692. The summed E-state index contributed by atoms with van der Waals surface area (Å²) in [6, 6.07) is 18.5. The first-order chi connectivity index (χ1) is 13.3. The van der Waals surface area contributed by atoms with Crippen LogP contribution < -0.4 is 4.74 Å². The molecule has 3 nitrogen and oxygen atoms in total. The minimum absolute atomic E-state index is 0.125. The zero-order valence-electron chi connectivity index (χ0n) is 15.7. The average molecular weight is 382 g/mol. The third-order valence-electron chi connectivity index (χ3n) is 5.52. The van der Waals surface area contributed by atoms with Crippen LogP contribution in [0.5, 0.6) is 5.75 Å². The van der Waals surface area contributed by atoms with Crippen LogP contribution in [0.3, 0.4) is 0 Å². The highest BCUT2D eigenvalue weighted by Crippen LogP contribution is 2.41. The topological polar surface area (TPSA) is 29.5 Å². The molecule has 1 aliphatic carbocycles. The molecule has 1 saturated carbocycles. The molecule has 1 amide bonds. The van der Waals surface area contributed by atoms with Gasteiger partial charge in [-0.2, -0.15) is 0 Å². The van der Waals surface area contributed by atoms with Gasteiger partial charge < -0.3 is 9.64 Å². The number of hydrogen-bond donors (Lipinski definition) is 0. The van der Waals surface area contributed by atoms with Crippen LogP contribution >= 0.6 is 11.8 Å². The lowest BCUT2D eigenvalue weighted by atomic mass is 9.88. The number of nitrogens with zero attached hydrogens (tertiary/aromatic N) is 1. The van der Waals surface area contributed by atoms with Gasteiger partial charge in [-0.25, -0.2) is 0 Å². The second kappa shape index (κ2) is 8.83. The highest BCUT2D eigenvalue weighted by molar-refractivity contribution is 7.99. The van der Waals surface area contributed by atoms with E-state index in [2.05, 4.69) is 29.2 Å². The van der Waals surface area contributed by atoms with E-state index < -0.39 is 0 Å². The lowest BCUT2D eigenvalue weighted by molar-refractivity contribution is -0.136. The number of rotatable bonds is 5. The van der Waals surface area contributed by atoms with Crippen LogP contribution in [0, 0.1) is 5.92 Å². The van der Waals surface area contributed by atoms with E-state index in [1.807, 2.05) is 42.1 Å². The summed E-state index contributed by atoms with van der Waals surface area (Å²) in [7, 11) is 0. The van der Waals surface area contributed by atoms with Crippen LogP contribution in [-0.4, -0.2) is 23.1 Å². The second-order valence-corrected chi connectivity index (χ2v) is 8.62. The van der Waals surface area contributed by atoms with Crippen molar-refractivity contribution in [3.63, 3.8) is 0 Å². The van der Waals surface area contributed by atoms with Crippen LogP contribution in [0.1, 0.15) is 48.6 Å². The Hall–Kier alpha value is -1.94. The molecule has 1 unspecified atom stereocenters. The number of thioether (sulfide) groups is 1. The Balaban J connectivity index is 1.44. The summed E-state index contributed by atoms with van der Waals surface area (Å²) < 4.78 is 5.99. The molecule has 1 atom stereocenters. The number of hydrogen-bond acceptors (Lipinski definition) is 3. The largest absolute Gasteiger partial charge is 0.489 e. The molecule has 0 N–H and O–H groups in total. The van der Waals surface area contributed by atoms with Gasteiger partial charge >= 0.3 is 0 Å². The normalized spacial score (nSPS) is 20.6. The van der Waals surface area contributed by atoms with Gasteiger partial charge in [-0.3, -0.25) is 4.79 Å². The maximum Gasteiger partial charge on any atom is 0.226 e. The van der Waals surface area contributed by atoms with Gasteiger partial charge in [-0.05, 0) is 36.1 Å². The van der Waals surface area contributed by atoms with Crippen molar-refractivity contribution in [2.45, 2.75) is 44.1 Å². The Bertz CT molecular complexity index is 758. The summed E-state index contributed by atoms with van der Waals surface area (Å²) in [5.41, 5.74) is 2.33. The summed E-state index contributed by atoms with van der Waals surface area (Å²) in [6.07, 6.45) is 5.80. The van der Waals surface area contributed by atoms with E-state index >= 15 is 0 Å². The van der Waals surface area contributed by atoms with E-state index in [1.165, 1.54) is 24.8 Å². The molecule has 0 spiro atoms. The Labute approximate surface area is 166 Å². The fourth-order valence-electron chi connectivity index (χ4n) is 4.05. The lowest BCUT2D eigenvalue weighted by Gasteiger charge is -2.30. The van der Waals surface area contributed by atoms with Gasteiger partial charge in [0.2, 0.25) is 5.91 Å². The van der Waals surface area contributed by atoms with Gasteiger partial charge in [-0.1, -0.05) is 61.7 Å². The molecule has 1 heterocycles. The van der Waals surface area contributed by atoms with Crippen LogP contribution in [0.2, 0.25) is 0 Å². The third-order valence-corrected chi connectivity index (χ3v) is 6.78. The van der Waals surface area contributed by atoms with Crippen molar-refractivity contribution < 1.29 is 9.53 Å². The standard InChI is InChI=1S/C23H27NO2S/c25-22(19-10-5-2-6-11-19)24-14-15-27-23(24)20-12-7-13-21(16-20)26-17-18-8-3-1-4-9-18/h1,3-4,7-9,12-13,16,19,23H,2,5-6,10-11,14-15,17H2. The van der Waals surface area contributed by atoms with E-state index in [1.54, 1.807) is 0 Å². The van der Waals surface area contributed by atoms with Crippen molar-refractivity contribution in [2.75, 3.05) is 12.3 Å². The van der Waals surface area contributed by atoms with Crippen molar-refractivity contribution in [1.82, 2.24) is 4.90 Å². The van der Waals surface area contributed by atoms with Crippen molar-refractivity contribution in [3.05, 3.63) is 65.7 Å². The Kier molecular flexibility index (Phi) is 6.03. The van der Waals surface area contributed by atoms with E-state index in [4.69, 9.17) is 4.74 Å². The smallest absolute Gasteiger partial charge is 0.226 e. The monoisotopic (exact) mass is 381 g/mol. The minimum Gasteiger partial charge on any atom is -0.489 e. The molecule has 0 bridgehead atoms. The molecule has 0 aromatic heterocycles. The maximum atomic E-state index is 13.1. The Morgan fingerprint density at radius 2 is 1.85 bits per heavy atom. The van der Waals surface area contributed by atoms with Crippen molar-refractivity contribution >= 4 is 17.7 Å². The van der Waals surface area contributed by atoms with Crippen LogP contribution in [0.4, 0.5) is 0 Å². The van der Waals surface area contributed by atoms with Gasteiger partial charge in [0, 0.05) is 18.2 Å². The number of carbonyl (C=O) groups is 1. The molecule has 2 aromatic rings. The molecule has 2 aliphatic rings. The highest BCUT2D eigenvalue weighted by Gasteiger charge is 2.35. The number of benzene rings is 2. The molecular weight excluding hydrogens is 354 g/mol.